The molecule has 1 rings (SSSR count). The highest BCUT2D eigenvalue weighted by Gasteiger charge is 2.09. The Balaban J connectivity index is 2.46. The van der Waals surface area contributed by atoms with E-state index in [1.165, 1.54) is 0 Å². The topological polar surface area (TPSA) is 29.5 Å². The van der Waals surface area contributed by atoms with Crippen molar-refractivity contribution in [3.8, 4) is 5.75 Å². The Bertz CT molecular complexity index is 369. The van der Waals surface area contributed by atoms with E-state index >= 15 is 0 Å². The first kappa shape index (κ1) is 14.8. The van der Waals surface area contributed by atoms with Gasteiger partial charge in [0.15, 0.2) is 0 Å². The monoisotopic (exact) mass is 248 g/mol. The number of aliphatic hydroxyl groups is 1. The van der Waals surface area contributed by atoms with Crippen LogP contribution in [0.4, 0.5) is 0 Å². The Morgan fingerprint density at radius 2 is 1.83 bits per heavy atom. The number of ether oxygens (including phenoxy) is 1. The molecule has 0 spiro atoms. The van der Waals surface area contributed by atoms with Crippen LogP contribution in [0, 0.1) is 0 Å². The molecule has 0 saturated carbocycles. The maximum Gasteiger partial charge on any atom is 0.119 e. The summed E-state index contributed by atoms with van der Waals surface area (Å²) >= 11 is 0. The molecule has 0 bridgehead atoms. The third-order valence-electron chi connectivity index (χ3n) is 2.48. The molecule has 1 aromatic carbocycles. The molecular weight excluding hydrogens is 224 g/mol. The molecule has 0 saturated heterocycles. The van der Waals surface area contributed by atoms with E-state index in [9.17, 15) is 5.11 Å². The molecule has 0 aliphatic carbocycles. The van der Waals surface area contributed by atoms with Crippen molar-refractivity contribution in [2.45, 2.75) is 52.2 Å². The van der Waals surface area contributed by atoms with E-state index < -0.39 is 5.60 Å². The van der Waals surface area contributed by atoms with Gasteiger partial charge in [0.2, 0.25) is 0 Å². The van der Waals surface area contributed by atoms with Crippen LogP contribution in [0.1, 0.15) is 46.1 Å². The second-order valence-electron chi connectivity index (χ2n) is 5.49. The highest BCUT2D eigenvalue weighted by molar-refractivity contribution is 5.50. The predicted octanol–water partition coefficient (Wildman–Crippen LogP) is 4.04. The Hall–Kier alpha value is -1.28. The highest BCUT2D eigenvalue weighted by atomic mass is 16.5. The molecule has 18 heavy (non-hydrogen) atoms. The molecule has 1 aromatic rings. The van der Waals surface area contributed by atoms with E-state index in [0.717, 1.165) is 24.2 Å². The van der Waals surface area contributed by atoms with Gasteiger partial charge < -0.3 is 9.84 Å². The van der Waals surface area contributed by atoms with Crippen molar-refractivity contribution in [1.82, 2.24) is 0 Å². The summed E-state index contributed by atoms with van der Waals surface area (Å²) in [5.74, 6) is 0.902. The Morgan fingerprint density at radius 1 is 1.22 bits per heavy atom. The van der Waals surface area contributed by atoms with Gasteiger partial charge in [-0.1, -0.05) is 24.3 Å². The fourth-order valence-electron chi connectivity index (χ4n) is 1.59. The van der Waals surface area contributed by atoms with Gasteiger partial charge >= 0.3 is 0 Å². The number of hydrogen-bond donors (Lipinski definition) is 1. The van der Waals surface area contributed by atoms with Crippen molar-refractivity contribution >= 4 is 6.08 Å². The molecule has 0 heterocycles. The SMILES string of the molecule is CC(C)Oc1ccc(/C=C/CCC(C)(C)O)cc1. The lowest BCUT2D eigenvalue weighted by Gasteiger charge is -2.14. The Morgan fingerprint density at radius 3 is 2.33 bits per heavy atom. The van der Waals surface area contributed by atoms with Gasteiger partial charge in [-0.3, -0.25) is 0 Å². The third kappa shape index (κ3) is 6.45. The summed E-state index contributed by atoms with van der Waals surface area (Å²) in [6.07, 6.45) is 6.03. The lowest BCUT2D eigenvalue weighted by molar-refractivity contribution is 0.0722. The van der Waals surface area contributed by atoms with Gasteiger partial charge in [-0.25, -0.2) is 0 Å². The zero-order valence-corrected chi connectivity index (χ0v) is 11.8. The summed E-state index contributed by atoms with van der Waals surface area (Å²) < 4.78 is 5.58. The lowest BCUT2D eigenvalue weighted by Crippen LogP contribution is -2.17. The van der Waals surface area contributed by atoms with Gasteiger partial charge in [0.25, 0.3) is 0 Å². The van der Waals surface area contributed by atoms with E-state index in [-0.39, 0.29) is 6.10 Å². The zero-order chi connectivity index (χ0) is 13.6. The molecule has 100 valence electrons. The first-order valence-corrected chi connectivity index (χ1v) is 6.52. The summed E-state index contributed by atoms with van der Waals surface area (Å²) in [6.45, 7) is 7.70. The molecular formula is C16H24O2. The minimum atomic E-state index is -0.584. The molecule has 2 nitrogen and oxygen atoms in total. The smallest absolute Gasteiger partial charge is 0.119 e. The van der Waals surface area contributed by atoms with E-state index in [0.29, 0.717) is 0 Å². The van der Waals surface area contributed by atoms with Crippen molar-refractivity contribution in [3.05, 3.63) is 35.9 Å². The second-order valence-corrected chi connectivity index (χ2v) is 5.49. The standard InChI is InChI=1S/C16H24O2/c1-13(2)18-15-10-8-14(9-11-15)7-5-6-12-16(3,4)17/h5,7-11,13,17H,6,12H2,1-4H3/b7-5+. The van der Waals surface area contributed by atoms with Crippen LogP contribution in [-0.4, -0.2) is 16.8 Å². The molecule has 0 atom stereocenters. The Kier molecular flexibility index (Phi) is 5.42. The average molecular weight is 248 g/mol. The zero-order valence-electron chi connectivity index (χ0n) is 11.8. The van der Waals surface area contributed by atoms with Gasteiger partial charge in [-0.05, 0) is 58.2 Å². The van der Waals surface area contributed by atoms with Gasteiger partial charge in [-0.2, -0.15) is 0 Å². The summed E-state index contributed by atoms with van der Waals surface area (Å²) in [4.78, 5) is 0. The lowest BCUT2D eigenvalue weighted by atomic mass is 10.0. The van der Waals surface area contributed by atoms with Crippen molar-refractivity contribution < 1.29 is 9.84 Å². The molecule has 0 fully saturated rings. The Labute approximate surface area is 110 Å². The van der Waals surface area contributed by atoms with E-state index in [1.807, 2.05) is 52.0 Å². The fourth-order valence-corrected chi connectivity index (χ4v) is 1.59. The van der Waals surface area contributed by atoms with Crippen LogP contribution in [0.5, 0.6) is 5.75 Å². The molecule has 0 amide bonds. The molecule has 0 aromatic heterocycles. The van der Waals surface area contributed by atoms with Crippen LogP contribution >= 0.6 is 0 Å². The molecule has 0 aliphatic heterocycles. The van der Waals surface area contributed by atoms with Crippen molar-refractivity contribution in [2.24, 2.45) is 0 Å². The molecule has 2 heteroatoms. The van der Waals surface area contributed by atoms with Crippen LogP contribution in [0.25, 0.3) is 6.08 Å². The number of benzene rings is 1. The predicted molar refractivity (Wildman–Crippen MR) is 76.8 cm³/mol. The van der Waals surface area contributed by atoms with Crippen molar-refractivity contribution in [2.75, 3.05) is 0 Å². The van der Waals surface area contributed by atoms with Crippen molar-refractivity contribution in [3.63, 3.8) is 0 Å². The molecule has 0 aliphatic rings. The summed E-state index contributed by atoms with van der Waals surface area (Å²) in [6, 6.07) is 8.04. The third-order valence-corrected chi connectivity index (χ3v) is 2.48. The summed E-state index contributed by atoms with van der Waals surface area (Å²) in [7, 11) is 0. The quantitative estimate of drug-likeness (QED) is 0.823. The second kappa shape index (κ2) is 6.60. The maximum absolute atomic E-state index is 9.58. The number of allylic oxidation sites excluding steroid dienone is 1. The van der Waals surface area contributed by atoms with E-state index in [2.05, 4.69) is 12.2 Å². The van der Waals surface area contributed by atoms with E-state index in [1.54, 1.807) is 0 Å². The number of rotatable bonds is 6. The first-order valence-electron chi connectivity index (χ1n) is 6.52. The maximum atomic E-state index is 9.58. The number of hydrogen-bond acceptors (Lipinski definition) is 2. The van der Waals surface area contributed by atoms with Crippen LogP contribution in [0.15, 0.2) is 30.3 Å². The fraction of sp³-hybridized carbons (Fsp3) is 0.500. The molecule has 1 N–H and O–H groups in total. The summed E-state index contributed by atoms with van der Waals surface area (Å²) in [5.41, 5.74) is 0.570. The van der Waals surface area contributed by atoms with Crippen LogP contribution in [-0.2, 0) is 0 Å². The molecule has 0 unspecified atom stereocenters. The largest absolute Gasteiger partial charge is 0.491 e. The van der Waals surface area contributed by atoms with Crippen molar-refractivity contribution in [1.29, 1.82) is 0 Å². The first-order chi connectivity index (χ1) is 8.37. The van der Waals surface area contributed by atoms with E-state index in [4.69, 9.17) is 4.74 Å². The van der Waals surface area contributed by atoms with Crippen LogP contribution in [0.3, 0.4) is 0 Å². The minimum Gasteiger partial charge on any atom is -0.491 e. The van der Waals surface area contributed by atoms with Gasteiger partial charge in [0, 0.05) is 0 Å². The normalized spacial score (nSPS) is 12.3. The minimum absolute atomic E-state index is 0.207. The average Bonchev–Trinajstić information content (AvgIpc) is 2.24. The van der Waals surface area contributed by atoms with Gasteiger partial charge in [0.1, 0.15) is 5.75 Å². The van der Waals surface area contributed by atoms with Crippen LogP contribution < -0.4 is 4.74 Å². The molecule has 0 radical (unpaired) electrons. The van der Waals surface area contributed by atoms with Gasteiger partial charge in [-0.15, -0.1) is 0 Å². The van der Waals surface area contributed by atoms with Crippen LogP contribution in [0.2, 0.25) is 0 Å². The summed E-state index contributed by atoms with van der Waals surface area (Å²) in [5, 5.41) is 9.58. The highest BCUT2D eigenvalue weighted by Crippen LogP contribution is 2.16. The van der Waals surface area contributed by atoms with Gasteiger partial charge in [0.05, 0.1) is 11.7 Å².